The first-order chi connectivity index (χ1) is 8.57. The van der Waals surface area contributed by atoms with Gasteiger partial charge in [0.1, 0.15) is 5.75 Å². The SMILES string of the molecule is COc1cc(C)c(S(=O)(=O)NCC(C)(C)O)cc1C. The molecule has 0 spiro atoms. The minimum atomic E-state index is -3.64. The van der Waals surface area contributed by atoms with Crippen LogP contribution in [0.15, 0.2) is 17.0 Å². The Hall–Kier alpha value is -1.11. The molecule has 0 unspecified atom stereocenters. The summed E-state index contributed by atoms with van der Waals surface area (Å²) in [5, 5.41) is 9.59. The molecule has 1 aromatic carbocycles. The maximum absolute atomic E-state index is 12.2. The third-order valence-electron chi connectivity index (χ3n) is 2.68. The van der Waals surface area contributed by atoms with Crippen LogP contribution in [0.4, 0.5) is 0 Å². The van der Waals surface area contributed by atoms with Gasteiger partial charge < -0.3 is 9.84 Å². The first-order valence-corrected chi connectivity index (χ1v) is 7.42. The number of nitrogens with one attached hydrogen (secondary N) is 1. The van der Waals surface area contributed by atoms with Crippen LogP contribution in [-0.4, -0.2) is 32.8 Å². The predicted molar refractivity (Wildman–Crippen MR) is 74.0 cm³/mol. The van der Waals surface area contributed by atoms with Gasteiger partial charge in [0.05, 0.1) is 17.6 Å². The Morgan fingerprint density at radius 1 is 1.26 bits per heavy atom. The third kappa shape index (κ3) is 4.19. The fourth-order valence-electron chi connectivity index (χ4n) is 1.62. The van der Waals surface area contributed by atoms with Gasteiger partial charge in [0, 0.05) is 6.54 Å². The molecule has 0 aliphatic carbocycles. The van der Waals surface area contributed by atoms with Gasteiger partial charge in [-0.25, -0.2) is 13.1 Å². The molecule has 1 rings (SSSR count). The van der Waals surface area contributed by atoms with Gasteiger partial charge in [0.15, 0.2) is 0 Å². The van der Waals surface area contributed by atoms with Crippen molar-refractivity contribution in [3.63, 3.8) is 0 Å². The van der Waals surface area contributed by atoms with Crippen molar-refractivity contribution in [3.05, 3.63) is 23.3 Å². The van der Waals surface area contributed by atoms with E-state index in [4.69, 9.17) is 4.74 Å². The summed E-state index contributed by atoms with van der Waals surface area (Å²) >= 11 is 0. The minimum absolute atomic E-state index is 0.0418. The molecule has 0 bridgehead atoms. The second-order valence-corrected chi connectivity index (χ2v) is 6.96. The molecule has 1 aromatic rings. The fourth-order valence-corrected chi connectivity index (χ4v) is 3.14. The maximum Gasteiger partial charge on any atom is 0.240 e. The summed E-state index contributed by atoms with van der Waals surface area (Å²) in [5.74, 6) is 0.652. The van der Waals surface area contributed by atoms with Crippen LogP contribution in [0, 0.1) is 13.8 Å². The Morgan fingerprint density at radius 3 is 2.32 bits per heavy atom. The standard InChI is InChI=1S/C13H21NO4S/c1-9-7-12(10(2)6-11(9)18-5)19(16,17)14-8-13(3,4)15/h6-7,14-15H,8H2,1-5H3. The van der Waals surface area contributed by atoms with E-state index in [1.807, 2.05) is 0 Å². The molecule has 0 atom stereocenters. The van der Waals surface area contributed by atoms with E-state index in [0.717, 1.165) is 5.56 Å². The molecule has 0 heterocycles. The molecular weight excluding hydrogens is 266 g/mol. The monoisotopic (exact) mass is 287 g/mol. The first-order valence-electron chi connectivity index (χ1n) is 5.94. The number of methoxy groups -OCH3 is 1. The normalized spacial score (nSPS) is 12.5. The van der Waals surface area contributed by atoms with E-state index in [1.54, 1.807) is 46.9 Å². The van der Waals surface area contributed by atoms with E-state index in [-0.39, 0.29) is 11.4 Å². The topological polar surface area (TPSA) is 75.6 Å². The van der Waals surface area contributed by atoms with Crippen molar-refractivity contribution < 1.29 is 18.3 Å². The van der Waals surface area contributed by atoms with Crippen LogP contribution in [-0.2, 0) is 10.0 Å². The molecule has 0 aliphatic heterocycles. The van der Waals surface area contributed by atoms with Crippen LogP contribution in [0.3, 0.4) is 0 Å². The molecular formula is C13H21NO4S. The van der Waals surface area contributed by atoms with Gasteiger partial charge in [-0.3, -0.25) is 0 Å². The highest BCUT2D eigenvalue weighted by molar-refractivity contribution is 7.89. The van der Waals surface area contributed by atoms with Gasteiger partial charge in [-0.1, -0.05) is 0 Å². The van der Waals surface area contributed by atoms with Crippen molar-refractivity contribution in [2.75, 3.05) is 13.7 Å². The van der Waals surface area contributed by atoms with Crippen LogP contribution in [0.25, 0.3) is 0 Å². The van der Waals surface area contributed by atoms with Gasteiger partial charge in [0.25, 0.3) is 0 Å². The van der Waals surface area contributed by atoms with Crippen LogP contribution < -0.4 is 9.46 Å². The first kappa shape index (κ1) is 15.9. The van der Waals surface area contributed by atoms with E-state index in [0.29, 0.717) is 11.3 Å². The Bertz CT molecular complexity index is 559. The summed E-state index contributed by atoms with van der Waals surface area (Å²) in [7, 11) is -2.09. The highest BCUT2D eigenvalue weighted by Gasteiger charge is 2.22. The summed E-state index contributed by atoms with van der Waals surface area (Å²) in [6.45, 7) is 6.54. The number of rotatable bonds is 5. The Morgan fingerprint density at radius 2 is 1.84 bits per heavy atom. The molecule has 5 nitrogen and oxygen atoms in total. The van der Waals surface area contributed by atoms with Crippen LogP contribution >= 0.6 is 0 Å². The number of aliphatic hydroxyl groups is 1. The van der Waals surface area contributed by atoms with Crippen LogP contribution in [0.1, 0.15) is 25.0 Å². The molecule has 0 saturated heterocycles. The van der Waals surface area contributed by atoms with Crippen molar-refractivity contribution >= 4 is 10.0 Å². The number of sulfonamides is 1. The quantitative estimate of drug-likeness (QED) is 0.857. The zero-order valence-electron chi connectivity index (χ0n) is 11.9. The summed E-state index contributed by atoms with van der Waals surface area (Å²) in [6.07, 6.45) is 0. The molecule has 0 aromatic heterocycles. The minimum Gasteiger partial charge on any atom is -0.496 e. The lowest BCUT2D eigenvalue weighted by Gasteiger charge is -2.19. The van der Waals surface area contributed by atoms with Crippen LogP contribution in [0.5, 0.6) is 5.75 Å². The Balaban J connectivity index is 3.12. The number of hydrogen-bond donors (Lipinski definition) is 2. The second-order valence-electron chi connectivity index (χ2n) is 5.22. The molecule has 0 amide bonds. The number of benzene rings is 1. The third-order valence-corrected chi connectivity index (χ3v) is 4.22. The summed E-state index contributed by atoms with van der Waals surface area (Å²) in [4.78, 5) is 0.204. The molecule has 0 saturated carbocycles. The largest absolute Gasteiger partial charge is 0.496 e. The van der Waals surface area contributed by atoms with E-state index < -0.39 is 15.6 Å². The average molecular weight is 287 g/mol. The van der Waals surface area contributed by atoms with Crippen LogP contribution in [0.2, 0.25) is 0 Å². The molecule has 19 heavy (non-hydrogen) atoms. The van der Waals surface area contributed by atoms with Gasteiger partial charge in [-0.15, -0.1) is 0 Å². The van der Waals surface area contributed by atoms with Gasteiger partial charge in [-0.05, 0) is 51.0 Å². The number of ether oxygens (including phenoxy) is 1. The maximum atomic E-state index is 12.2. The van der Waals surface area contributed by atoms with Gasteiger partial charge in [0.2, 0.25) is 10.0 Å². The van der Waals surface area contributed by atoms with Crippen molar-refractivity contribution in [2.24, 2.45) is 0 Å². The lowest BCUT2D eigenvalue weighted by Crippen LogP contribution is -2.38. The second kappa shape index (κ2) is 5.48. The zero-order chi connectivity index (χ0) is 14.8. The molecule has 0 aliphatic rings. The lowest BCUT2D eigenvalue weighted by molar-refractivity contribution is 0.0857. The highest BCUT2D eigenvalue weighted by atomic mass is 32.2. The van der Waals surface area contributed by atoms with E-state index in [9.17, 15) is 13.5 Å². The predicted octanol–water partition coefficient (Wildman–Crippen LogP) is 1.36. The molecule has 108 valence electrons. The number of aryl methyl sites for hydroxylation is 2. The highest BCUT2D eigenvalue weighted by Crippen LogP contribution is 2.25. The Labute approximate surface area is 114 Å². The Kier molecular flexibility index (Phi) is 4.60. The smallest absolute Gasteiger partial charge is 0.240 e. The summed E-state index contributed by atoms with van der Waals surface area (Å²) < 4.78 is 31.9. The summed E-state index contributed by atoms with van der Waals surface area (Å²) in [5.41, 5.74) is 0.255. The van der Waals surface area contributed by atoms with E-state index in [2.05, 4.69) is 4.72 Å². The van der Waals surface area contributed by atoms with Crippen molar-refractivity contribution in [1.82, 2.24) is 4.72 Å². The van der Waals surface area contributed by atoms with E-state index >= 15 is 0 Å². The fraction of sp³-hybridized carbons (Fsp3) is 0.538. The lowest BCUT2D eigenvalue weighted by atomic mass is 10.1. The summed E-state index contributed by atoms with van der Waals surface area (Å²) in [6, 6.07) is 3.26. The molecule has 0 fully saturated rings. The van der Waals surface area contributed by atoms with Crippen molar-refractivity contribution in [1.29, 1.82) is 0 Å². The molecule has 6 heteroatoms. The van der Waals surface area contributed by atoms with Crippen molar-refractivity contribution in [3.8, 4) is 5.75 Å². The molecule has 2 N–H and O–H groups in total. The zero-order valence-corrected chi connectivity index (χ0v) is 12.8. The van der Waals surface area contributed by atoms with Gasteiger partial charge in [-0.2, -0.15) is 0 Å². The van der Waals surface area contributed by atoms with Crippen molar-refractivity contribution in [2.45, 2.75) is 38.2 Å². The number of hydrogen-bond acceptors (Lipinski definition) is 4. The van der Waals surface area contributed by atoms with E-state index in [1.165, 1.54) is 0 Å². The van der Waals surface area contributed by atoms with Gasteiger partial charge >= 0.3 is 0 Å². The molecule has 0 radical (unpaired) electrons. The average Bonchev–Trinajstić information content (AvgIpc) is 2.28.